The molecule has 1 fully saturated rings. The van der Waals surface area contributed by atoms with Gasteiger partial charge in [-0.2, -0.15) is 0 Å². The highest BCUT2D eigenvalue weighted by Gasteiger charge is 2.29. The number of hydrogen-bond donors (Lipinski definition) is 1. The Bertz CT molecular complexity index is 391. The molecule has 2 rings (SSSR count). The first-order valence-corrected chi connectivity index (χ1v) is 6.15. The molecule has 1 atom stereocenters. The molecular formula is C13H21N3O. The van der Waals surface area contributed by atoms with Crippen molar-refractivity contribution < 1.29 is 4.74 Å². The van der Waals surface area contributed by atoms with Crippen molar-refractivity contribution in [2.24, 2.45) is 0 Å². The van der Waals surface area contributed by atoms with Crippen molar-refractivity contribution in [1.29, 1.82) is 0 Å². The Morgan fingerprint density at radius 1 is 1.71 bits per heavy atom. The topological polar surface area (TPSA) is 39.1 Å². The van der Waals surface area contributed by atoms with Gasteiger partial charge >= 0.3 is 0 Å². The minimum atomic E-state index is -0.0428. The monoisotopic (exact) mass is 235 g/mol. The molecule has 1 aliphatic heterocycles. The molecule has 0 aromatic carbocycles. The van der Waals surface area contributed by atoms with E-state index in [1.807, 2.05) is 19.2 Å². The smallest absolute Gasteiger partial charge is 0.203 e. The second kappa shape index (κ2) is 4.92. The average molecular weight is 235 g/mol. The van der Waals surface area contributed by atoms with Crippen molar-refractivity contribution in [2.45, 2.75) is 38.8 Å². The van der Waals surface area contributed by atoms with Crippen LogP contribution in [0.4, 0.5) is 5.95 Å². The number of allylic oxidation sites excluding steroid dienone is 1. The van der Waals surface area contributed by atoms with Crippen molar-refractivity contribution in [3.63, 3.8) is 0 Å². The maximum atomic E-state index is 5.75. The van der Waals surface area contributed by atoms with Gasteiger partial charge in [-0.3, -0.25) is 0 Å². The summed E-state index contributed by atoms with van der Waals surface area (Å²) >= 11 is 0. The van der Waals surface area contributed by atoms with Gasteiger partial charge in [0.2, 0.25) is 5.95 Å². The number of nitrogens with zero attached hydrogens (tertiary/aromatic N) is 2. The lowest BCUT2D eigenvalue weighted by Crippen LogP contribution is -2.33. The molecule has 1 saturated heterocycles. The molecule has 0 spiro atoms. The Balaban J connectivity index is 2.00. The van der Waals surface area contributed by atoms with Gasteiger partial charge in [0.15, 0.2) is 0 Å². The molecule has 1 aromatic heterocycles. The van der Waals surface area contributed by atoms with E-state index in [0.717, 1.165) is 44.2 Å². The molecular weight excluding hydrogens is 214 g/mol. The minimum Gasteiger partial charge on any atom is -0.373 e. The third-order valence-corrected chi connectivity index (χ3v) is 3.14. The van der Waals surface area contributed by atoms with Crippen LogP contribution in [0.5, 0.6) is 0 Å². The number of aromatic nitrogens is 2. The first-order chi connectivity index (χ1) is 8.13. The SMILES string of the molecule is C=CCn1cc(C)nc1NCC1(C)CCCO1. The van der Waals surface area contributed by atoms with Crippen LogP contribution in [0, 0.1) is 6.92 Å². The molecule has 0 radical (unpaired) electrons. The zero-order valence-electron chi connectivity index (χ0n) is 10.7. The third kappa shape index (κ3) is 2.88. The molecule has 1 aromatic rings. The number of hydrogen-bond acceptors (Lipinski definition) is 3. The molecule has 4 nitrogen and oxygen atoms in total. The van der Waals surface area contributed by atoms with Crippen LogP contribution < -0.4 is 5.32 Å². The third-order valence-electron chi connectivity index (χ3n) is 3.14. The van der Waals surface area contributed by atoms with Crippen molar-refractivity contribution in [3.8, 4) is 0 Å². The molecule has 0 saturated carbocycles. The molecule has 17 heavy (non-hydrogen) atoms. The molecule has 1 N–H and O–H groups in total. The van der Waals surface area contributed by atoms with Crippen LogP contribution in [0.15, 0.2) is 18.9 Å². The van der Waals surface area contributed by atoms with E-state index in [1.165, 1.54) is 0 Å². The maximum Gasteiger partial charge on any atom is 0.203 e. The summed E-state index contributed by atoms with van der Waals surface area (Å²) in [6.45, 7) is 10.4. The maximum absolute atomic E-state index is 5.75. The number of aryl methyl sites for hydroxylation is 1. The van der Waals surface area contributed by atoms with E-state index in [1.54, 1.807) is 0 Å². The summed E-state index contributed by atoms with van der Waals surface area (Å²) in [4.78, 5) is 4.47. The highest BCUT2D eigenvalue weighted by Crippen LogP contribution is 2.25. The molecule has 94 valence electrons. The normalized spacial score (nSPS) is 23.9. The standard InChI is InChI=1S/C13H21N3O/c1-4-7-16-9-11(2)15-12(16)14-10-13(3)6-5-8-17-13/h4,9H,1,5-8,10H2,2-3H3,(H,14,15). The Hall–Kier alpha value is -1.29. The largest absolute Gasteiger partial charge is 0.373 e. The van der Waals surface area contributed by atoms with Crippen LogP contribution in [0.25, 0.3) is 0 Å². The van der Waals surface area contributed by atoms with Crippen molar-refractivity contribution in [1.82, 2.24) is 9.55 Å². The van der Waals surface area contributed by atoms with Gasteiger partial charge in [0.05, 0.1) is 11.3 Å². The van der Waals surface area contributed by atoms with Gasteiger partial charge in [0.25, 0.3) is 0 Å². The van der Waals surface area contributed by atoms with E-state index in [9.17, 15) is 0 Å². The van der Waals surface area contributed by atoms with Crippen LogP contribution in [0.2, 0.25) is 0 Å². The van der Waals surface area contributed by atoms with Gasteiger partial charge in [-0.25, -0.2) is 4.98 Å². The van der Waals surface area contributed by atoms with Crippen LogP contribution >= 0.6 is 0 Å². The second-order valence-electron chi connectivity index (χ2n) is 4.90. The van der Waals surface area contributed by atoms with E-state index in [2.05, 4.69) is 28.4 Å². The molecule has 0 amide bonds. The van der Waals surface area contributed by atoms with Gasteiger partial charge in [0.1, 0.15) is 0 Å². The van der Waals surface area contributed by atoms with Gasteiger partial charge in [-0.15, -0.1) is 6.58 Å². The van der Waals surface area contributed by atoms with Gasteiger partial charge in [-0.05, 0) is 26.7 Å². The number of nitrogens with one attached hydrogen (secondary N) is 1. The lowest BCUT2D eigenvalue weighted by atomic mass is 10.0. The molecule has 2 heterocycles. The van der Waals surface area contributed by atoms with E-state index in [4.69, 9.17) is 4.74 Å². The summed E-state index contributed by atoms with van der Waals surface area (Å²) < 4.78 is 7.82. The number of anilines is 1. The van der Waals surface area contributed by atoms with E-state index >= 15 is 0 Å². The zero-order valence-corrected chi connectivity index (χ0v) is 10.7. The zero-order chi connectivity index (χ0) is 12.3. The number of rotatable bonds is 5. The first-order valence-electron chi connectivity index (χ1n) is 6.15. The van der Waals surface area contributed by atoms with Crippen LogP contribution in [0.1, 0.15) is 25.5 Å². The number of imidazole rings is 1. The van der Waals surface area contributed by atoms with Crippen LogP contribution in [0.3, 0.4) is 0 Å². The summed E-state index contributed by atoms with van der Waals surface area (Å²) in [6.07, 6.45) is 6.17. The average Bonchev–Trinajstić information content (AvgIpc) is 2.84. The fraction of sp³-hybridized carbons (Fsp3) is 0.615. The molecule has 1 unspecified atom stereocenters. The molecule has 4 heteroatoms. The molecule has 0 aliphatic carbocycles. The van der Waals surface area contributed by atoms with Gasteiger partial charge in [-0.1, -0.05) is 6.08 Å². The summed E-state index contributed by atoms with van der Waals surface area (Å²) in [5.41, 5.74) is 0.977. The Kier molecular flexibility index (Phi) is 3.52. The second-order valence-corrected chi connectivity index (χ2v) is 4.90. The summed E-state index contributed by atoms with van der Waals surface area (Å²) in [5.74, 6) is 0.902. The summed E-state index contributed by atoms with van der Waals surface area (Å²) in [6, 6.07) is 0. The Morgan fingerprint density at radius 2 is 2.53 bits per heavy atom. The minimum absolute atomic E-state index is 0.0428. The predicted octanol–water partition coefficient (Wildman–Crippen LogP) is 2.36. The van der Waals surface area contributed by atoms with Gasteiger partial charge in [0, 0.05) is 25.9 Å². The van der Waals surface area contributed by atoms with Crippen molar-refractivity contribution in [3.05, 3.63) is 24.5 Å². The van der Waals surface area contributed by atoms with Crippen LogP contribution in [-0.4, -0.2) is 28.3 Å². The van der Waals surface area contributed by atoms with Crippen LogP contribution in [-0.2, 0) is 11.3 Å². The number of ether oxygens (including phenoxy) is 1. The first kappa shape index (κ1) is 12.2. The van der Waals surface area contributed by atoms with Gasteiger partial charge < -0.3 is 14.6 Å². The van der Waals surface area contributed by atoms with E-state index in [0.29, 0.717) is 0 Å². The lowest BCUT2D eigenvalue weighted by Gasteiger charge is -2.23. The fourth-order valence-electron chi connectivity index (χ4n) is 2.21. The highest BCUT2D eigenvalue weighted by atomic mass is 16.5. The Labute approximate surface area is 103 Å². The van der Waals surface area contributed by atoms with E-state index < -0.39 is 0 Å². The fourth-order valence-corrected chi connectivity index (χ4v) is 2.21. The lowest BCUT2D eigenvalue weighted by molar-refractivity contribution is 0.0313. The molecule has 1 aliphatic rings. The summed E-state index contributed by atoms with van der Waals surface area (Å²) in [5, 5.41) is 3.38. The molecule has 0 bridgehead atoms. The van der Waals surface area contributed by atoms with Crippen molar-refractivity contribution in [2.75, 3.05) is 18.5 Å². The van der Waals surface area contributed by atoms with E-state index in [-0.39, 0.29) is 5.60 Å². The summed E-state index contributed by atoms with van der Waals surface area (Å²) in [7, 11) is 0. The Morgan fingerprint density at radius 3 is 3.18 bits per heavy atom. The predicted molar refractivity (Wildman–Crippen MR) is 69.2 cm³/mol. The quantitative estimate of drug-likeness (QED) is 0.796. The highest BCUT2D eigenvalue weighted by molar-refractivity contribution is 5.30. The van der Waals surface area contributed by atoms with Crippen molar-refractivity contribution >= 4 is 5.95 Å².